The molecule has 1 fully saturated rings. The largest absolute Gasteiger partial charge is 0.271 e. The third-order valence-corrected chi connectivity index (χ3v) is 6.37. The first-order valence-corrected chi connectivity index (χ1v) is 10.3. The Balaban J connectivity index is 1.76. The molecule has 1 aliphatic rings. The summed E-state index contributed by atoms with van der Waals surface area (Å²) >= 11 is 0. The van der Waals surface area contributed by atoms with Crippen LogP contribution in [-0.2, 0) is 10.0 Å². The van der Waals surface area contributed by atoms with Gasteiger partial charge in [0.2, 0.25) is 10.0 Å². The van der Waals surface area contributed by atoms with Crippen LogP contribution < -0.4 is 5.43 Å². The minimum atomic E-state index is -3.58. The van der Waals surface area contributed by atoms with Crippen molar-refractivity contribution in [3.05, 3.63) is 59.9 Å². The summed E-state index contributed by atoms with van der Waals surface area (Å²) in [4.78, 5) is 16.5. The zero-order valence-electron chi connectivity index (χ0n) is 15.1. The van der Waals surface area contributed by atoms with E-state index in [1.165, 1.54) is 16.4 Å². The number of hydrogen-bond acceptors (Lipinski definition) is 5. The Bertz CT molecular complexity index is 936. The molecule has 7 nitrogen and oxygen atoms in total. The Morgan fingerprint density at radius 3 is 2.48 bits per heavy atom. The van der Waals surface area contributed by atoms with E-state index in [0.717, 1.165) is 24.8 Å². The highest BCUT2D eigenvalue weighted by Crippen LogP contribution is 2.21. The van der Waals surface area contributed by atoms with E-state index in [2.05, 4.69) is 15.5 Å². The van der Waals surface area contributed by atoms with Gasteiger partial charge in [-0.1, -0.05) is 12.5 Å². The van der Waals surface area contributed by atoms with E-state index in [9.17, 15) is 13.2 Å². The maximum absolute atomic E-state index is 12.8. The van der Waals surface area contributed by atoms with Gasteiger partial charge in [0.1, 0.15) is 0 Å². The van der Waals surface area contributed by atoms with E-state index >= 15 is 0 Å². The molecule has 0 aliphatic carbocycles. The topological polar surface area (TPSA) is 91.7 Å². The molecule has 3 rings (SSSR count). The molecule has 0 saturated carbocycles. The third kappa shape index (κ3) is 4.58. The number of sulfonamides is 1. The predicted octanol–water partition coefficient (Wildman–Crippen LogP) is 2.41. The molecule has 8 heteroatoms. The quantitative estimate of drug-likeness (QED) is 0.631. The van der Waals surface area contributed by atoms with E-state index in [1.54, 1.807) is 43.6 Å². The van der Waals surface area contributed by atoms with Gasteiger partial charge in [0, 0.05) is 36.6 Å². The third-order valence-electron chi connectivity index (χ3n) is 4.47. The Morgan fingerprint density at radius 1 is 1.07 bits per heavy atom. The van der Waals surface area contributed by atoms with Crippen LogP contribution in [0.3, 0.4) is 0 Å². The van der Waals surface area contributed by atoms with Gasteiger partial charge in [-0.2, -0.15) is 9.41 Å². The first-order valence-electron chi connectivity index (χ1n) is 8.84. The first-order chi connectivity index (χ1) is 13.0. The van der Waals surface area contributed by atoms with E-state index in [-0.39, 0.29) is 10.5 Å². The Kier molecular flexibility index (Phi) is 5.98. The van der Waals surface area contributed by atoms with Crippen LogP contribution in [-0.4, -0.2) is 42.4 Å². The van der Waals surface area contributed by atoms with Crippen LogP contribution in [0, 0.1) is 0 Å². The number of rotatable bonds is 5. The number of benzene rings is 1. The summed E-state index contributed by atoms with van der Waals surface area (Å²) in [6, 6.07) is 9.64. The number of nitrogens with one attached hydrogen (secondary N) is 1. The summed E-state index contributed by atoms with van der Waals surface area (Å²) in [7, 11) is -3.58. The molecule has 2 heterocycles. The lowest BCUT2D eigenvalue weighted by atomic mass is 10.2. The summed E-state index contributed by atoms with van der Waals surface area (Å²) in [5.41, 5.74) is 4.19. The van der Waals surface area contributed by atoms with Crippen molar-refractivity contribution in [1.82, 2.24) is 14.7 Å². The molecule has 27 heavy (non-hydrogen) atoms. The number of aromatic nitrogens is 1. The zero-order valence-corrected chi connectivity index (χ0v) is 15.9. The van der Waals surface area contributed by atoms with Gasteiger partial charge in [-0.15, -0.1) is 0 Å². The van der Waals surface area contributed by atoms with Crippen LogP contribution in [0.2, 0.25) is 0 Å². The molecule has 1 N–H and O–H groups in total. The Labute approximate surface area is 159 Å². The first kappa shape index (κ1) is 19.2. The Morgan fingerprint density at radius 2 is 1.78 bits per heavy atom. The van der Waals surface area contributed by atoms with E-state index in [0.29, 0.717) is 18.8 Å². The van der Waals surface area contributed by atoms with E-state index < -0.39 is 15.9 Å². The molecule has 0 unspecified atom stereocenters. The standard InChI is InChI=1S/C19H22N4O3S/c1-15(16-8-10-20-11-9-16)21-22-19(24)17-6-5-7-18(14-17)27(25,26)23-12-3-2-4-13-23/h5-11,14H,2-4,12-13H2,1H3,(H,22,24)/b21-15+. The predicted molar refractivity (Wildman–Crippen MR) is 103 cm³/mol. The van der Waals surface area contributed by atoms with Gasteiger partial charge >= 0.3 is 0 Å². The van der Waals surface area contributed by atoms with Crippen LogP contribution in [0.25, 0.3) is 0 Å². The van der Waals surface area contributed by atoms with Gasteiger partial charge in [0.25, 0.3) is 5.91 Å². The zero-order chi connectivity index (χ0) is 19.3. The minimum absolute atomic E-state index is 0.131. The molecule has 2 aromatic rings. The van der Waals surface area contributed by atoms with E-state index in [1.807, 2.05) is 0 Å². The summed E-state index contributed by atoms with van der Waals surface area (Å²) in [6.07, 6.45) is 6.06. The normalized spacial score (nSPS) is 16.1. The molecule has 0 radical (unpaired) electrons. The van der Waals surface area contributed by atoms with Crippen LogP contribution >= 0.6 is 0 Å². The van der Waals surface area contributed by atoms with Crippen molar-refractivity contribution in [2.45, 2.75) is 31.1 Å². The van der Waals surface area contributed by atoms with Gasteiger partial charge in [-0.3, -0.25) is 9.78 Å². The number of hydrazone groups is 1. The van der Waals surface area contributed by atoms with Crippen molar-refractivity contribution in [1.29, 1.82) is 0 Å². The fourth-order valence-corrected chi connectivity index (χ4v) is 4.47. The van der Waals surface area contributed by atoms with E-state index in [4.69, 9.17) is 0 Å². The second kappa shape index (κ2) is 8.41. The van der Waals surface area contributed by atoms with Gasteiger partial charge in [-0.05, 0) is 50.1 Å². The monoisotopic (exact) mass is 386 g/mol. The van der Waals surface area contributed by atoms with Crippen molar-refractivity contribution < 1.29 is 13.2 Å². The Hall–Kier alpha value is -2.58. The molecule has 142 valence electrons. The van der Waals surface area contributed by atoms with Crippen molar-refractivity contribution in [3.8, 4) is 0 Å². The van der Waals surface area contributed by atoms with Crippen LogP contribution in [0.15, 0.2) is 58.8 Å². The molecule has 0 bridgehead atoms. The fourth-order valence-electron chi connectivity index (χ4n) is 2.91. The maximum Gasteiger partial charge on any atom is 0.271 e. The number of amides is 1. The molecule has 1 aromatic heterocycles. The highest BCUT2D eigenvalue weighted by Gasteiger charge is 2.26. The molecule has 1 aromatic carbocycles. The molecular formula is C19H22N4O3S. The summed E-state index contributed by atoms with van der Waals surface area (Å²) in [5.74, 6) is -0.459. The van der Waals surface area contributed by atoms with Crippen molar-refractivity contribution in [2.24, 2.45) is 5.10 Å². The van der Waals surface area contributed by atoms with Crippen molar-refractivity contribution >= 4 is 21.6 Å². The molecule has 0 atom stereocenters. The highest BCUT2D eigenvalue weighted by molar-refractivity contribution is 7.89. The SMILES string of the molecule is C/C(=N\NC(=O)c1cccc(S(=O)(=O)N2CCCCC2)c1)c1ccncc1. The second-order valence-corrected chi connectivity index (χ2v) is 8.30. The van der Waals surface area contributed by atoms with Crippen molar-refractivity contribution in [3.63, 3.8) is 0 Å². The molecule has 1 aliphatic heterocycles. The average molecular weight is 386 g/mol. The minimum Gasteiger partial charge on any atom is -0.267 e. The summed E-state index contributed by atoms with van der Waals surface area (Å²) in [5, 5.41) is 4.08. The van der Waals surface area contributed by atoms with Gasteiger partial charge in [0.15, 0.2) is 0 Å². The average Bonchev–Trinajstić information content (AvgIpc) is 2.73. The van der Waals surface area contributed by atoms with Gasteiger partial charge < -0.3 is 0 Å². The lowest BCUT2D eigenvalue weighted by Crippen LogP contribution is -2.35. The van der Waals surface area contributed by atoms with Crippen LogP contribution in [0.5, 0.6) is 0 Å². The lowest BCUT2D eigenvalue weighted by molar-refractivity contribution is 0.0954. The fraction of sp³-hybridized carbons (Fsp3) is 0.316. The van der Waals surface area contributed by atoms with Gasteiger partial charge in [0.05, 0.1) is 10.6 Å². The number of piperidine rings is 1. The molecular weight excluding hydrogens is 364 g/mol. The van der Waals surface area contributed by atoms with Crippen LogP contribution in [0.1, 0.15) is 42.1 Å². The molecule has 0 spiro atoms. The van der Waals surface area contributed by atoms with Crippen molar-refractivity contribution in [2.75, 3.05) is 13.1 Å². The number of carbonyl (C=O) groups is 1. The molecule has 1 saturated heterocycles. The molecule has 1 amide bonds. The number of hydrogen-bond donors (Lipinski definition) is 1. The maximum atomic E-state index is 12.8. The number of nitrogens with zero attached hydrogens (tertiary/aromatic N) is 3. The number of carbonyl (C=O) groups excluding carboxylic acids is 1. The van der Waals surface area contributed by atoms with Crippen LogP contribution in [0.4, 0.5) is 0 Å². The number of pyridine rings is 1. The summed E-state index contributed by atoms with van der Waals surface area (Å²) < 4.78 is 27.0. The second-order valence-electron chi connectivity index (χ2n) is 6.37. The summed E-state index contributed by atoms with van der Waals surface area (Å²) in [6.45, 7) is 2.81. The van der Waals surface area contributed by atoms with Gasteiger partial charge in [-0.25, -0.2) is 13.8 Å². The smallest absolute Gasteiger partial charge is 0.267 e. The lowest BCUT2D eigenvalue weighted by Gasteiger charge is -2.25. The highest BCUT2D eigenvalue weighted by atomic mass is 32.2.